The number of rotatable bonds is 6. The number of hydrogen-bond donors (Lipinski definition) is 2. The predicted molar refractivity (Wildman–Crippen MR) is 93.0 cm³/mol. The van der Waals surface area contributed by atoms with E-state index in [4.69, 9.17) is 4.74 Å². The third kappa shape index (κ3) is 4.99. The molecule has 0 spiro atoms. The van der Waals surface area contributed by atoms with Crippen LogP contribution in [0.2, 0.25) is 0 Å². The Morgan fingerprint density at radius 1 is 1.42 bits per heavy atom. The van der Waals surface area contributed by atoms with Gasteiger partial charge in [-0.25, -0.2) is 9.89 Å². The van der Waals surface area contributed by atoms with Gasteiger partial charge in [0.15, 0.2) is 4.11 Å². The van der Waals surface area contributed by atoms with E-state index in [9.17, 15) is 4.79 Å². The molecule has 102 valence electrons. The summed E-state index contributed by atoms with van der Waals surface area (Å²) in [6.45, 7) is 0. The molecule has 1 heterocycles. The molecule has 1 unspecified atom stereocenters. The second-order valence-electron chi connectivity index (χ2n) is 3.60. The van der Waals surface area contributed by atoms with Gasteiger partial charge in [0.05, 0.1) is 9.32 Å². The molecule has 1 atom stereocenters. The van der Waals surface area contributed by atoms with Crippen LogP contribution in [-0.2, 0) is 5.75 Å². The van der Waals surface area contributed by atoms with Crippen LogP contribution < -0.4 is 10.4 Å². The van der Waals surface area contributed by atoms with Crippen LogP contribution in [0.4, 0.5) is 0 Å². The molecule has 8 heteroatoms. The Morgan fingerprint density at radius 3 is 2.89 bits per heavy atom. The number of aromatic nitrogens is 3. The molecule has 0 aliphatic carbocycles. The Labute approximate surface area is 141 Å². The normalized spacial score (nSPS) is 12.3. The first kappa shape index (κ1) is 15.2. The summed E-state index contributed by atoms with van der Waals surface area (Å²) < 4.78 is 7.02. The molecule has 0 fully saturated rings. The third-order valence-electron chi connectivity index (χ3n) is 2.13. The van der Waals surface area contributed by atoms with E-state index in [0.29, 0.717) is 11.6 Å². The number of benzene rings is 1. The van der Waals surface area contributed by atoms with Gasteiger partial charge in [-0.3, -0.25) is 4.98 Å². The van der Waals surface area contributed by atoms with E-state index >= 15 is 0 Å². The number of para-hydroxylation sites is 1. The summed E-state index contributed by atoms with van der Waals surface area (Å²) in [5.41, 5.74) is -0.267. The minimum atomic E-state index is -0.267. The lowest BCUT2D eigenvalue weighted by Gasteiger charge is -2.13. The number of aromatic amines is 2. The van der Waals surface area contributed by atoms with E-state index < -0.39 is 0 Å². The Morgan fingerprint density at radius 2 is 2.21 bits per heavy atom. The lowest BCUT2D eigenvalue weighted by atomic mass is 10.3. The first-order valence-electron chi connectivity index (χ1n) is 5.41. The molecule has 1 aromatic heterocycles. The molecule has 2 rings (SSSR count). The maximum absolute atomic E-state index is 10.9. The van der Waals surface area contributed by atoms with Gasteiger partial charge >= 0.3 is 5.69 Å². The SMILES string of the molecule is O=c1[nH]nc(CSCC(I)Oc2ccccc2I)[nH]1. The molecule has 0 radical (unpaired) electrons. The highest BCUT2D eigenvalue weighted by Crippen LogP contribution is 2.24. The standard InChI is InChI=1S/C11H11I2N3O2S/c12-7-3-1-2-4-8(7)18-9(13)5-19-6-10-14-11(17)16-15-10/h1-4,9H,5-6H2,(H2,14,15,16,17). The number of ether oxygens (including phenoxy) is 1. The van der Waals surface area contributed by atoms with Crippen LogP contribution >= 0.6 is 56.9 Å². The zero-order valence-corrected chi connectivity index (χ0v) is 14.9. The van der Waals surface area contributed by atoms with Gasteiger partial charge in [-0.05, 0) is 57.3 Å². The van der Waals surface area contributed by atoms with Crippen molar-refractivity contribution in [1.29, 1.82) is 0 Å². The van der Waals surface area contributed by atoms with Crippen molar-refractivity contribution in [2.45, 2.75) is 9.86 Å². The van der Waals surface area contributed by atoms with Crippen molar-refractivity contribution in [2.75, 3.05) is 5.75 Å². The van der Waals surface area contributed by atoms with Crippen molar-refractivity contribution >= 4 is 56.9 Å². The largest absolute Gasteiger partial charge is 0.478 e. The quantitative estimate of drug-likeness (QED) is 0.470. The monoisotopic (exact) mass is 503 g/mol. The lowest BCUT2D eigenvalue weighted by Crippen LogP contribution is -2.12. The van der Waals surface area contributed by atoms with Crippen molar-refractivity contribution in [3.8, 4) is 5.75 Å². The van der Waals surface area contributed by atoms with Crippen LogP contribution in [0.5, 0.6) is 5.75 Å². The van der Waals surface area contributed by atoms with Gasteiger partial charge in [0.1, 0.15) is 11.6 Å². The highest BCUT2D eigenvalue weighted by atomic mass is 127. The molecule has 2 aromatic rings. The molecule has 5 nitrogen and oxygen atoms in total. The summed E-state index contributed by atoms with van der Waals surface area (Å²) in [5, 5.41) is 6.20. The summed E-state index contributed by atoms with van der Waals surface area (Å²) >= 11 is 6.18. The van der Waals surface area contributed by atoms with Gasteiger partial charge in [0, 0.05) is 5.75 Å². The molecule has 0 aliphatic rings. The second-order valence-corrected chi connectivity index (χ2v) is 7.18. The summed E-state index contributed by atoms with van der Waals surface area (Å²) in [5.74, 6) is 3.04. The summed E-state index contributed by atoms with van der Waals surface area (Å²) in [7, 11) is 0. The smallest absolute Gasteiger partial charge is 0.340 e. The minimum absolute atomic E-state index is 0.0733. The van der Waals surface area contributed by atoms with Crippen molar-refractivity contribution in [1.82, 2.24) is 15.2 Å². The minimum Gasteiger partial charge on any atom is -0.478 e. The maximum Gasteiger partial charge on any atom is 0.340 e. The molecule has 0 amide bonds. The number of alkyl halides is 1. The Bertz CT molecular complexity index is 587. The topological polar surface area (TPSA) is 70.8 Å². The van der Waals surface area contributed by atoms with E-state index in [0.717, 1.165) is 15.1 Å². The Kier molecular flexibility index (Phi) is 6.01. The van der Waals surface area contributed by atoms with Gasteiger partial charge in [-0.2, -0.15) is 5.10 Å². The molecule has 2 N–H and O–H groups in total. The van der Waals surface area contributed by atoms with Crippen LogP contribution in [-0.4, -0.2) is 25.0 Å². The van der Waals surface area contributed by atoms with Gasteiger partial charge in [-0.1, -0.05) is 12.1 Å². The third-order valence-corrected chi connectivity index (χ3v) is 5.33. The number of thioether (sulfide) groups is 1. The molecule has 0 saturated heterocycles. The van der Waals surface area contributed by atoms with Crippen molar-refractivity contribution in [3.05, 3.63) is 44.1 Å². The fraction of sp³-hybridized carbons (Fsp3) is 0.273. The zero-order valence-electron chi connectivity index (χ0n) is 9.73. The number of H-pyrrole nitrogens is 2. The van der Waals surface area contributed by atoms with Gasteiger partial charge in [-0.15, -0.1) is 11.8 Å². The summed E-state index contributed by atoms with van der Waals surface area (Å²) in [4.78, 5) is 13.5. The van der Waals surface area contributed by atoms with E-state index in [1.807, 2.05) is 24.3 Å². The molecular weight excluding hydrogens is 492 g/mol. The number of nitrogens with one attached hydrogen (secondary N) is 2. The number of halogens is 2. The molecule has 0 bridgehead atoms. The summed E-state index contributed by atoms with van der Waals surface area (Å²) in [6, 6.07) is 7.92. The van der Waals surface area contributed by atoms with E-state index in [1.54, 1.807) is 11.8 Å². The number of hydrogen-bond acceptors (Lipinski definition) is 4. The average molecular weight is 503 g/mol. The fourth-order valence-electron chi connectivity index (χ4n) is 1.33. The van der Waals surface area contributed by atoms with Crippen molar-refractivity contribution < 1.29 is 4.74 Å². The highest BCUT2D eigenvalue weighted by Gasteiger charge is 2.09. The van der Waals surface area contributed by atoms with Crippen LogP contribution in [0.3, 0.4) is 0 Å². The van der Waals surface area contributed by atoms with E-state index in [2.05, 4.69) is 60.4 Å². The zero-order chi connectivity index (χ0) is 13.7. The average Bonchev–Trinajstić information content (AvgIpc) is 2.78. The molecule has 0 aliphatic heterocycles. The second kappa shape index (κ2) is 7.53. The van der Waals surface area contributed by atoms with Gasteiger partial charge in [0.25, 0.3) is 0 Å². The lowest BCUT2D eigenvalue weighted by molar-refractivity contribution is 0.324. The van der Waals surface area contributed by atoms with Gasteiger partial charge < -0.3 is 4.74 Å². The molecule has 1 aromatic carbocycles. The molecule has 0 saturated carbocycles. The van der Waals surface area contributed by atoms with Crippen molar-refractivity contribution in [2.24, 2.45) is 0 Å². The fourth-order valence-corrected chi connectivity index (χ4v) is 3.59. The van der Waals surface area contributed by atoms with Crippen LogP contribution in [0.15, 0.2) is 29.1 Å². The first-order valence-corrected chi connectivity index (χ1v) is 8.89. The first-order chi connectivity index (χ1) is 9.15. The van der Waals surface area contributed by atoms with Gasteiger partial charge in [0.2, 0.25) is 0 Å². The van der Waals surface area contributed by atoms with E-state index in [1.165, 1.54) is 0 Å². The summed E-state index contributed by atoms with van der Waals surface area (Å²) in [6.07, 6.45) is 0. The van der Waals surface area contributed by atoms with Crippen LogP contribution in [0.1, 0.15) is 5.82 Å². The Balaban J connectivity index is 1.77. The Hall–Kier alpha value is -0.230. The van der Waals surface area contributed by atoms with Crippen LogP contribution in [0.25, 0.3) is 0 Å². The van der Waals surface area contributed by atoms with E-state index in [-0.39, 0.29) is 9.80 Å². The molecule has 19 heavy (non-hydrogen) atoms. The molecular formula is C11H11I2N3O2S. The predicted octanol–water partition coefficient (Wildman–Crippen LogP) is 2.78. The van der Waals surface area contributed by atoms with Crippen molar-refractivity contribution in [3.63, 3.8) is 0 Å². The number of nitrogens with zero attached hydrogens (tertiary/aromatic N) is 1. The highest BCUT2D eigenvalue weighted by molar-refractivity contribution is 14.1. The maximum atomic E-state index is 10.9. The van der Waals surface area contributed by atoms with Crippen LogP contribution in [0, 0.1) is 3.57 Å².